The molecule has 7 heteroatoms. The van der Waals surface area contributed by atoms with Gasteiger partial charge in [0.1, 0.15) is 5.75 Å². The zero-order valence-corrected chi connectivity index (χ0v) is 13.6. The lowest BCUT2D eigenvalue weighted by Crippen LogP contribution is -2.39. The van der Waals surface area contributed by atoms with E-state index in [9.17, 15) is 9.59 Å². The molecule has 0 atom stereocenters. The molecule has 0 saturated heterocycles. The Labute approximate surface area is 137 Å². The van der Waals surface area contributed by atoms with Gasteiger partial charge in [-0.2, -0.15) is 0 Å². The average Bonchev–Trinajstić information content (AvgIpc) is 3.05. The molecular weight excluding hydrogens is 320 g/mol. The van der Waals surface area contributed by atoms with Gasteiger partial charge >= 0.3 is 6.03 Å². The molecule has 3 amide bonds. The first kappa shape index (κ1) is 16.4. The highest BCUT2D eigenvalue weighted by Crippen LogP contribution is 2.20. The lowest BCUT2D eigenvalue weighted by atomic mass is 10.3. The van der Waals surface area contributed by atoms with Crippen molar-refractivity contribution in [3.05, 3.63) is 46.7 Å². The molecule has 22 heavy (non-hydrogen) atoms. The lowest BCUT2D eigenvalue weighted by Gasteiger charge is -2.06. The number of hydrogen-bond donors (Lipinski definition) is 2. The smallest absolute Gasteiger partial charge is 0.321 e. The molecule has 0 spiro atoms. The Morgan fingerprint density at radius 2 is 2.00 bits per heavy atom. The van der Waals surface area contributed by atoms with Crippen molar-refractivity contribution in [2.45, 2.75) is 11.4 Å². The lowest BCUT2D eigenvalue weighted by molar-refractivity contribution is -0.117. The van der Waals surface area contributed by atoms with Crippen molar-refractivity contribution in [3.63, 3.8) is 0 Å². The Morgan fingerprint density at radius 3 is 2.64 bits per heavy atom. The molecule has 1 aromatic heterocycles. The maximum absolute atomic E-state index is 11.7. The van der Waals surface area contributed by atoms with E-state index in [0.717, 1.165) is 15.5 Å². The minimum absolute atomic E-state index is 0.179. The number of carbonyl (C=O) groups is 2. The first-order chi connectivity index (χ1) is 10.7. The van der Waals surface area contributed by atoms with Crippen LogP contribution >= 0.6 is 23.1 Å². The molecule has 0 unspecified atom stereocenters. The van der Waals surface area contributed by atoms with Crippen LogP contribution in [-0.4, -0.2) is 24.8 Å². The van der Waals surface area contributed by atoms with E-state index in [-0.39, 0.29) is 11.7 Å². The third-order valence-electron chi connectivity index (χ3n) is 2.69. The van der Waals surface area contributed by atoms with Crippen molar-refractivity contribution in [1.29, 1.82) is 0 Å². The van der Waals surface area contributed by atoms with Gasteiger partial charge in [-0.15, -0.1) is 23.1 Å². The molecule has 0 aliphatic heterocycles. The average molecular weight is 336 g/mol. The van der Waals surface area contributed by atoms with Crippen LogP contribution in [0.2, 0.25) is 0 Å². The molecule has 1 aromatic carbocycles. The second-order valence-electron chi connectivity index (χ2n) is 4.27. The Kier molecular flexibility index (Phi) is 6.29. The Balaban J connectivity index is 1.69. The molecule has 1 heterocycles. The maximum atomic E-state index is 11.7. The van der Waals surface area contributed by atoms with Crippen LogP contribution in [0.4, 0.5) is 4.79 Å². The van der Waals surface area contributed by atoms with Crippen molar-refractivity contribution in [3.8, 4) is 5.75 Å². The van der Waals surface area contributed by atoms with Gasteiger partial charge in [-0.05, 0) is 35.7 Å². The van der Waals surface area contributed by atoms with Crippen LogP contribution in [0.5, 0.6) is 5.75 Å². The zero-order valence-electron chi connectivity index (χ0n) is 12.0. The van der Waals surface area contributed by atoms with Crippen molar-refractivity contribution in [2.75, 3.05) is 12.9 Å². The van der Waals surface area contributed by atoms with Crippen molar-refractivity contribution < 1.29 is 14.3 Å². The summed E-state index contributed by atoms with van der Waals surface area (Å²) in [5, 5.41) is 6.88. The standard InChI is InChI=1S/C15H16N2O3S2/c1-20-11-4-6-12(7-5-11)22-10-14(18)17-15(19)16-9-13-3-2-8-21-13/h2-8H,9-10H2,1H3,(H2,16,17,18,19). The molecule has 0 aliphatic carbocycles. The number of nitrogens with one attached hydrogen (secondary N) is 2. The number of ether oxygens (including phenoxy) is 1. The third kappa shape index (κ3) is 5.42. The van der Waals surface area contributed by atoms with E-state index in [1.54, 1.807) is 18.4 Å². The fraction of sp³-hybridized carbons (Fsp3) is 0.200. The normalized spacial score (nSPS) is 10.0. The van der Waals surface area contributed by atoms with Gasteiger partial charge in [0.05, 0.1) is 19.4 Å². The van der Waals surface area contributed by atoms with Gasteiger partial charge in [0.2, 0.25) is 5.91 Å². The molecule has 0 aliphatic rings. The van der Waals surface area contributed by atoms with Crippen LogP contribution in [0.1, 0.15) is 4.88 Å². The number of methoxy groups -OCH3 is 1. The van der Waals surface area contributed by atoms with Gasteiger partial charge in [-0.25, -0.2) is 4.79 Å². The third-order valence-corrected chi connectivity index (χ3v) is 4.57. The number of amides is 3. The first-order valence-corrected chi connectivity index (χ1v) is 8.41. The highest BCUT2D eigenvalue weighted by molar-refractivity contribution is 8.00. The van der Waals surface area contributed by atoms with Crippen molar-refractivity contribution >= 4 is 35.0 Å². The summed E-state index contributed by atoms with van der Waals surface area (Å²) in [6, 6.07) is 10.7. The number of imide groups is 1. The van der Waals surface area contributed by atoms with E-state index in [0.29, 0.717) is 6.54 Å². The van der Waals surface area contributed by atoms with E-state index >= 15 is 0 Å². The number of urea groups is 1. The molecule has 0 saturated carbocycles. The van der Waals surface area contributed by atoms with Crippen LogP contribution in [-0.2, 0) is 11.3 Å². The Hall–Kier alpha value is -1.99. The van der Waals surface area contributed by atoms with Crippen molar-refractivity contribution in [2.24, 2.45) is 0 Å². The SMILES string of the molecule is COc1ccc(SCC(=O)NC(=O)NCc2cccs2)cc1. The second-order valence-corrected chi connectivity index (χ2v) is 6.36. The predicted molar refractivity (Wildman–Crippen MR) is 88.4 cm³/mol. The van der Waals surface area contributed by atoms with E-state index in [2.05, 4.69) is 10.6 Å². The monoisotopic (exact) mass is 336 g/mol. The van der Waals surface area contributed by atoms with Crippen LogP contribution in [0.15, 0.2) is 46.7 Å². The largest absolute Gasteiger partial charge is 0.497 e. The highest BCUT2D eigenvalue weighted by Gasteiger charge is 2.08. The maximum Gasteiger partial charge on any atom is 0.321 e. The Bertz CT molecular complexity index is 612. The number of rotatable bonds is 6. The number of thioether (sulfide) groups is 1. The van der Waals surface area contributed by atoms with E-state index in [1.165, 1.54) is 11.8 Å². The van der Waals surface area contributed by atoms with E-state index in [4.69, 9.17) is 4.74 Å². The van der Waals surface area contributed by atoms with E-state index < -0.39 is 6.03 Å². The Morgan fingerprint density at radius 1 is 1.23 bits per heavy atom. The fourth-order valence-electron chi connectivity index (χ4n) is 1.61. The second kappa shape index (κ2) is 8.45. The summed E-state index contributed by atoms with van der Waals surface area (Å²) in [5.41, 5.74) is 0. The van der Waals surface area contributed by atoms with Crippen LogP contribution in [0, 0.1) is 0 Å². The van der Waals surface area contributed by atoms with Gasteiger partial charge < -0.3 is 10.1 Å². The summed E-state index contributed by atoms with van der Waals surface area (Å²) >= 11 is 2.91. The zero-order chi connectivity index (χ0) is 15.8. The number of benzene rings is 1. The molecule has 116 valence electrons. The van der Waals surface area contributed by atoms with Crippen LogP contribution in [0.25, 0.3) is 0 Å². The van der Waals surface area contributed by atoms with Crippen LogP contribution < -0.4 is 15.4 Å². The molecule has 0 bridgehead atoms. The summed E-state index contributed by atoms with van der Waals surface area (Å²) in [4.78, 5) is 25.3. The topological polar surface area (TPSA) is 67.4 Å². The fourth-order valence-corrected chi connectivity index (χ4v) is 2.95. The minimum atomic E-state index is -0.478. The van der Waals surface area contributed by atoms with Gasteiger partial charge in [-0.1, -0.05) is 6.07 Å². The van der Waals surface area contributed by atoms with Crippen LogP contribution in [0.3, 0.4) is 0 Å². The molecule has 0 radical (unpaired) electrons. The summed E-state index contributed by atoms with van der Waals surface area (Å²) in [7, 11) is 1.60. The molecule has 2 aromatic rings. The summed E-state index contributed by atoms with van der Waals surface area (Å²) < 4.78 is 5.06. The number of carbonyl (C=O) groups excluding carboxylic acids is 2. The van der Waals surface area contributed by atoms with E-state index in [1.807, 2.05) is 41.8 Å². The predicted octanol–water partition coefficient (Wildman–Crippen LogP) is 2.87. The molecule has 2 N–H and O–H groups in total. The van der Waals surface area contributed by atoms with Crippen molar-refractivity contribution in [1.82, 2.24) is 10.6 Å². The summed E-state index contributed by atoms with van der Waals surface area (Å²) in [5.74, 6) is 0.616. The molecule has 5 nitrogen and oxygen atoms in total. The number of hydrogen-bond acceptors (Lipinski definition) is 5. The van der Waals surface area contributed by atoms with Gasteiger partial charge in [0, 0.05) is 9.77 Å². The highest BCUT2D eigenvalue weighted by atomic mass is 32.2. The molecular formula is C15H16N2O3S2. The van der Waals surface area contributed by atoms with Gasteiger partial charge in [-0.3, -0.25) is 10.1 Å². The summed E-state index contributed by atoms with van der Waals surface area (Å²) in [6.45, 7) is 0.419. The molecule has 0 fully saturated rings. The molecule has 2 rings (SSSR count). The van der Waals surface area contributed by atoms with Gasteiger partial charge in [0.25, 0.3) is 0 Å². The quantitative estimate of drug-likeness (QED) is 0.796. The minimum Gasteiger partial charge on any atom is -0.497 e. The first-order valence-electron chi connectivity index (χ1n) is 6.54. The van der Waals surface area contributed by atoms with Gasteiger partial charge in [0.15, 0.2) is 0 Å². The summed E-state index contributed by atoms with van der Waals surface area (Å²) in [6.07, 6.45) is 0. The number of thiophene rings is 1.